The molecule has 116 valence electrons. The fraction of sp³-hybridized carbons (Fsp3) is 1.00. The minimum Gasteiger partial charge on any atom is -0.236 e. The van der Waals surface area contributed by atoms with Gasteiger partial charge in [0.15, 0.2) is 0 Å². The van der Waals surface area contributed by atoms with Gasteiger partial charge in [-0.05, 0) is 26.2 Å². The van der Waals surface area contributed by atoms with Crippen LogP contribution in [0.5, 0.6) is 0 Å². The third-order valence-corrected chi connectivity index (χ3v) is 4.13. The summed E-state index contributed by atoms with van der Waals surface area (Å²) in [7, 11) is 0. The van der Waals surface area contributed by atoms with E-state index in [-0.39, 0.29) is 5.60 Å². The molecule has 0 heterocycles. The van der Waals surface area contributed by atoms with Crippen LogP contribution in [0.25, 0.3) is 0 Å². The fourth-order valence-electron chi connectivity index (χ4n) is 2.53. The summed E-state index contributed by atoms with van der Waals surface area (Å²) in [6.45, 7) is 9.29. The summed E-state index contributed by atoms with van der Waals surface area (Å²) in [5.41, 5.74) is -0.0434. The Hall–Kier alpha value is -0.0800. The molecule has 2 heteroatoms. The summed E-state index contributed by atoms with van der Waals surface area (Å²) in [4.78, 5) is 10.8. The van der Waals surface area contributed by atoms with Crippen molar-refractivity contribution >= 4 is 0 Å². The highest BCUT2D eigenvalue weighted by molar-refractivity contribution is 4.76. The fourth-order valence-corrected chi connectivity index (χ4v) is 2.53. The highest BCUT2D eigenvalue weighted by Crippen LogP contribution is 2.28. The Kier molecular flexibility index (Phi) is 12.9. The SMILES string of the molecule is CCCCCCCCCCC(CC)(CC)OOCC. The first kappa shape index (κ1) is 18.9. The van der Waals surface area contributed by atoms with Gasteiger partial charge in [-0.2, -0.15) is 0 Å². The molecule has 0 saturated heterocycles. The van der Waals surface area contributed by atoms with E-state index in [4.69, 9.17) is 9.78 Å². The molecule has 0 aliphatic rings. The lowest BCUT2D eigenvalue weighted by Gasteiger charge is -2.30. The molecular formula is C17H36O2. The van der Waals surface area contributed by atoms with Crippen molar-refractivity contribution in [1.29, 1.82) is 0 Å². The summed E-state index contributed by atoms with van der Waals surface area (Å²) in [6, 6.07) is 0. The Morgan fingerprint density at radius 1 is 0.684 bits per heavy atom. The van der Waals surface area contributed by atoms with Gasteiger partial charge in [0, 0.05) is 0 Å². The maximum absolute atomic E-state index is 5.64. The molecule has 0 aromatic carbocycles. The van der Waals surface area contributed by atoms with Crippen LogP contribution in [0.3, 0.4) is 0 Å². The Morgan fingerprint density at radius 3 is 1.68 bits per heavy atom. The second-order valence-electron chi connectivity index (χ2n) is 5.60. The zero-order chi connectivity index (χ0) is 14.4. The summed E-state index contributed by atoms with van der Waals surface area (Å²) in [5, 5.41) is 0. The van der Waals surface area contributed by atoms with Gasteiger partial charge in [-0.1, -0.05) is 72.1 Å². The van der Waals surface area contributed by atoms with Crippen LogP contribution < -0.4 is 0 Å². The second-order valence-corrected chi connectivity index (χ2v) is 5.60. The van der Waals surface area contributed by atoms with Gasteiger partial charge in [0.25, 0.3) is 0 Å². The molecule has 0 radical (unpaired) electrons. The zero-order valence-electron chi connectivity index (χ0n) is 13.8. The molecule has 2 nitrogen and oxygen atoms in total. The lowest BCUT2D eigenvalue weighted by Crippen LogP contribution is -2.31. The van der Waals surface area contributed by atoms with E-state index in [0.717, 1.165) is 19.3 Å². The van der Waals surface area contributed by atoms with Gasteiger partial charge < -0.3 is 0 Å². The predicted molar refractivity (Wildman–Crippen MR) is 83.3 cm³/mol. The second kappa shape index (κ2) is 12.9. The van der Waals surface area contributed by atoms with Crippen LogP contribution in [0.2, 0.25) is 0 Å². The van der Waals surface area contributed by atoms with Crippen LogP contribution in [-0.4, -0.2) is 12.2 Å². The van der Waals surface area contributed by atoms with Crippen LogP contribution in [0, 0.1) is 0 Å². The summed E-state index contributed by atoms with van der Waals surface area (Å²) in [6.07, 6.45) is 14.2. The third kappa shape index (κ3) is 9.45. The topological polar surface area (TPSA) is 18.5 Å². The van der Waals surface area contributed by atoms with E-state index in [1.807, 2.05) is 6.92 Å². The van der Waals surface area contributed by atoms with Crippen LogP contribution in [0.4, 0.5) is 0 Å². The van der Waals surface area contributed by atoms with Gasteiger partial charge in [-0.25, -0.2) is 9.78 Å². The molecule has 0 rings (SSSR count). The van der Waals surface area contributed by atoms with Crippen LogP contribution in [0.15, 0.2) is 0 Å². The van der Waals surface area contributed by atoms with Crippen molar-refractivity contribution in [3.8, 4) is 0 Å². The van der Waals surface area contributed by atoms with E-state index in [9.17, 15) is 0 Å². The monoisotopic (exact) mass is 272 g/mol. The molecule has 0 N–H and O–H groups in total. The number of rotatable bonds is 14. The van der Waals surface area contributed by atoms with Crippen LogP contribution in [-0.2, 0) is 9.78 Å². The Balaban J connectivity index is 3.63. The largest absolute Gasteiger partial charge is 0.236 e. The molecule has 0 aromatic heterocycles. The highest BCUT2D eigenvalue weighted by atomic mass is 17.2. The minimum absolute atomic E-state index is 0.0434. The Morgan fingerprint density at radius 2 is 1.21 bits per heavy atom. The molecule has 0 aliphatic heterocycles. The van der Waals surface area contributed by atoms with Crippen molar-refractivity contribution in [2.45, 2.75) is 104 Å². The minimum atomic E-state index is -0.0434. The summed E-state index contributed by atoms with van der Waals surface area (Å²) >= 11 is 0. The van der Waals surface area contributed by atoms with E-state index in [1.54, 1.807) is 0 Å². The lowest BCUT2D eigenvalue weighted by molar-refractivity contribution is -0.362. The average molecular weight is 272 g/mol. The van der Waals surface area contributed by atoms with Gasteiger partial charge in [0.1, 0.15) is 5.60 Å². The quantitative estimate of drug-likeness (QED) is 0.218. The van der Waals surface area contributed by atoms with Gasteiger partial charge in [0.2, 0.25) is 0 Å². The Labute approximate surface area is 121 Å². The average Bonchev–Trinajstić information content (AvgIpc) is 2.45. The van der Waals surface area contributed by atoms with E-state index in [2.05, 4.69) is 20.8 Å². The van der Waals surface area contributed by atoms with E-state index >= 15 is 0 Å². The normalized spacial score (nSPS) is 12.0. The maximum Gasteiger partial charge on any atom is 0.103 e. The van der Waals surface area contributed by atoms with Gasteiger partial charge in [-0.3, -0.25) is 0 Å². The molecule has 0 amide bonds. The van der Waals surface area contributed by atoms with Crippen molar-refractivity contribution in [3.63, 3.8) is 0 Å². The van der Waals surface area contributed by atoms with E-state index in [0.29, 0.717) is 6.61 Å². The van der Waals surface area contributed by atoms with Crippen molar-refractivity contribution in [2.75, 3.05) is 6.61 Å². The number of unbranched alkanes of at least 4 members (excludes halogenated alkanes) is 7. The van der Waals surface area contributed by atoms with Crippen molar-refractivity contribution in [3.05, 3.63) is 0 Å². The van der Waals surface area contributed by atoms with Crippen molar-refractivity contribution < 1.29 is 9.78 Å². The molecular weight excluding hydrogens is 236 g/mol. The zero-order valence-corrected chi connectivity index (χ0v) is 13.8. The summed E-state index contributed by atoms with van der Waals surface area (Å²) in [5.74, 6) is 0. The maximum atomic E-state index is 5.64. The number of hydrogen-bond donors (Lipinski definition) is 0. The standard InChI is InChI=1S/C17H36O2/c1-5-9-10-11-12-13-14-15-16-17(6-2,7-3)19-18-8-4/h5-16H2,1-4H3. The van der Waals surface area contributed by atoms with E-state index < -0.39 is 0 Å². The Bertz CT molecular complexity index is 176. The summed E-state index contributed by atoms with van der Waals surface area (Å²) < 4.78 is 0. The molecule has 0 bridgehead atoms. The first-order chi connectivity index (χ1) is 9.24. The van der Waals surface area contributed by atoms with Gasteiger partial charge in [-0.15, -0.1) is 0 Å². The number of hydrogen-bond acceptors (Lipinski definition) is 2. The molecule has 0 atom stereocenters. The first-order valence-corrected chi connectivity index (χ1v) is 8.55. The van der Waals surface area contributed by atoms with E-state index in [1.165, 1.54) is 51.4 Å². The molecule has 0 aliphatic carbocycles. The predicted octanol–water partition coefficient (Wildman–Crippen LogP) is 6.04. The molecule has 0 fully saturated rings. The molecule has 0 aromatic rings. The molecule has 0 saturated carbocycles. The molecule has 0 unspecified atom stereocenters. The van der Waals surface area contributed by atoms with Crippen LogP contribution >= 0.6 is 0 Å². The first-order valence-electron chi connectivity index (χ1n) is 8.55. The molecule has 19 heavy (non-hydrogen) atoms. The van der Waals surface area contributed by atoms with Crippen molar-refractivity contribution in [1.82, 2.24) is 0 Å². The van der Waals surface area contributed by atoms with Crippen molar-refractivity contribution in [2.24, 2.45) is 0 Å². The third-order valence-electron chi connectivity index (χ3n) is 4.13. The lowest BCUT2D eigenvalue weighted by atomic mass is 9.90. The highest BCUT2D eigenvalue weighted by Gasteiger charge is 2.27. The van der Waals surface area contributed by atoms with Gasteiger partial charge in [0.05, 0.1) is 6.61 Å². The van der Waals surface area contributed by atoms with Crippen LogP contribution in [0.1, 0.15) is 98.3 Å². The smallest absolute Gasteiger partial charge is 0.103 e. The molecule has 0 spiro atoms. The van der Waals surface area contributed by atoms with Gasteiger partial charge >= 0.3 is 0 Å².